The van der Waals surface area contributed by atoms with Gasteiger partial charge in [-0.3, -0.25) is 4.79 Å². The smallest absolute Gasteiger partial charge is 0.219 e. The molecule has 5 heteroatoms. The van der Waals surface area contributed by atoms with Crippen molar-refractivity contribution < 1.29 is 14.3 Å². The average Bonchev–Trinajstić information content (AvgIpc) is 2.60. The van der Waals surface area contributed by atoms with Crippen LogP contribution in [0.1, 0.15) is 31.8 Å². The molecule has 1 aromatic rings. The molecule has 1 aromatic heterocycles. The van der Waals surface area contributed by atoms with Crippen LogP contribution in [0.4, 0.5) is 0 Å². The zero-order valence-electron chi connectivity index (χ0n) is 9.62. The molecule has 16 heavy (non-hydrogen) atoms. The summed E-state index contributed by atoms with van der Waals surface area (Å²) < 4.78 is 5.30. The minimum atomic E-state index is -0.363. The molecule has 5 nitrogen and oxygen atoms in total. The summed E-state index contributed by atoms with van der Waals surface area (Å²) in [5.41, 5.74) is 4.77. The van der Waals surface area contributed by atoms with Gasteiger partial charge in [0.15, 0.2) is 0 Å². The molecule has 0 aromatic carbocycles. The number of aliphatic hydroxyl groups excluding tert-OH is 1. The summed E-state index contributed by atoms with van der Waals surface area (Å²) in [7, 11) is 0. The summed E-state index contributed by atoms with van der Waals surface area (Å²) in [4.78, 5) is 10.8. The van der Waals surface area contributed by atoms with Crippen LogP contribution in [0.3, 0.4) is 0 Å². The third kappa shape index (κ3) is 4.04. The summed E-state index contributed by atoms with van der Waals surface area (Å²) in [6.07, 6.45) is 0.264. The normalized spacial score (nSPS) is 11.7. The Kier molecular flexibility index (Phi) is 4.09. The van der Waals surface area contributed by atoms with E-state index >= 15 is 0 Å². The van der Waals surface area contributed by atoms with Crippen molar-refractivity contribution >= 4 is 5.91 Å². The van der Waals surface area contributed by atoms with E-state index < -0.39 is 0 Å². The highest BCUT2D eigenvalue weighted by Gasteiger charge is 2.20. The van der Waals surface area contributed by atoms with E-state index in [4.69, 9.17) is 15.3 Å². The zero-order chi connectivity index (χ0) is 12.2. The second kappa shape index (κ2) is 5.14. The van der Waals surface area contributed by atoms with E-state index in [1.165, 1.54) is 0 Å². The molecule has 1 rings (SSSR count). The summed E-state index contributed by atoms with van der Waals surface area (Å²) in [5.74, 6) is 0.916. The number of amides is 1. The largest absolute Gasteiger partial charge is 0.462 e. The van der Waals surface area contributed by atoms with Crippen LogP contribution in [-0.4, -0.2) is 16.6 Å². The Hall–Kier alpha value is -1.33. The van der Waals surface area contributed by atoms with Crippen LogP contribution in [0.2, 0.25) is 0 Å². The second-order valence-electron chi connectivity index (χ2n) is 4.41. The first kappa shape index (κ1) is 12.7. The SMILES string of the molecule is CC(C)(CC(N)=O)NCc1ccc(CO)o1. The molecule has 0 saturated carbocycles. The lowest BCUT2D eigenvalue weighted by Crippen LogP contribution is -2.42. The molecule has 4 N–H and O–H groups in total. The number of nitrogens with two attached hydrogens (primary N) is 1. The predicted octanol–water partition coefficient (Wildman–Crippen LogP) is 0.515. The van der Waals surface area contributed by atoms with Crippen LogP contribution < -0.4 is 11.1 Å². The van der Waals surface area contributed by atoms with Gasteiger partial charge in [0.2, 0.25) is 5.91 Å². The third-order valence-electron chi connectivity index (χ3n) is 2.23. The van der Waals surface area contributed by atoms with Gasteiger partial charge in [-0.05, 0) is 26.0 Å². The molecule has 1 heterocycles. The third-order valence-corrected chi connectivity index (χ3v) is 2.23. The molecule has 0 bridgehead atoms. The molecular formula is C11H18N2O3. The molecular weight excluding hydrogens is 208 g/mol. The number of carbonyl (C=O) groups excluding carboxylic acids is 1. The molecule has 90 valence electrons. The fourth-order valence-corrected chi connectivity index (χ4v) is 1.43. The Balaban J connectivity index is 2.47. The van der Waals surface area contributed by atoms with Crippen LogP contribution in [0.5, 0.6) is 0 Å². The van der Waals surface area contributed by atoms with Crippen LogP contribution >= 0.6 is 0 Å². The summed E-state index contributed by atoms with van der Waals surface area (Å²) in [5, 5.41) is 12.0. The Morgan fingerprint density at radius 3 is 2.62 bits per heavy atom. The first-order valence-corrected chi connectivity index (χ1v) is 5.15. The van der Waals surface area contributed by atoms with Gasteiger partial charge in [-0.15, -0.1) is 0 Å². The van der Waals surface area contributed by atoms with E-state index in [9.17, 15) is 4.79 Å². The van der Waals surface area contributed by atoms with Gasteiger partial charge in [0.25, 0.3) is 0 Å². The summed E-state index contributed by atoms with van der Waals surface area (Å²) in [6.45, 7) is 4.19. The minimum Gasteiger partial charge on any atom is -0.462 e. The Morgan fingerprint density at radius 2 is 2.12 bits per heavy atom. The molecule has 0 radical (unpaired) electrons. The molecule has 0 aliphatic carbocycles. The molecule has 0 aliphatic heterocycles. The number of primary amides is 1. The second-order valence-corrected chi connectivity index (χ2v) is 4.41. The average molecular weight is 226 g/mol. The van der Waals surface area contributed by atoms with Gasteiger partial charge < -0.3 is 20.6 Å². The van der Waals surface area contributed by atoms with Crippen LogP contribution in [0.25, 0.3) is 0 Å². The quantitative estimate of drug-likeness (QED) is 0.659. The van der Waals surface area contributed by atoms with Crippen molar-refractivity contribution in [1.29, 1.82) is 0 Å². The van der Waals surface area contributed by atoms with Gasteiger partial charge in [-0.25, -0.2) is 0 Å². The molecule has 1 amide bonds. The minimum absolute atomic E-state index is 0.106. The predicted molar refractivity (Wildman–Crippen MR) is 59.4 cm³/mol. The van der Waals surface area contributed by atoms with Gasteiger partial charge >= 0.3 is 0 Å². The van der Waals surface area contributed by atoms with Gasteiger partial charge in [0.05, 0.1) is 6.54 Å². The van der Waals surface area contributed by atoms with E-state index in [-0.39, 0.29) is 24.5 Å². The lowest BCUT2D eigenvalue weighted by Gasteiger charge is -2.24. The molecule has 0 aliphatic rings. The Labute approximate surface area is 94.6 Å². The van der Waals surface area contributed by atoms with Crippen LogP contribution in [0, 0.1) is 0 Å². The number of nitrogens with one attached hydrogen (secondary N) is 1. The van der Waals surface area contributed by atoms with Gasteiger partial charge in [0, 0.05) is 12.0 Å². The van der Waals surface area contributed by atoms with Crippen molar-refractivity contribution in [2.45, 2.75) is 39.0 Å². The maximum absolute atomic E-state index is 10.8. The van der Waals surface area contributed by atoms with Gasteiger partial charge in [-0.1, -0.05) is 0 Å². The highest BCUT2D eigenvalue weighted by Crippen LogP contribution is 2.12. The summed E-state index contributed by atoms with van der Waals surface area (Å²) in [6, 6.07) is 3.51. The fraction of sp³-hybridized carbons (Fsp3) is 0.545. The number of rotatable bonds is 6. The summed E-state index contributed by atoms with van der Waals surface area (Å²) >= 11 is 0. The number of furan rings is 1. The van der Waals surface area contributed by atoms with Crippen molar-refractivity contribution in [3.63, 3.8) is 0 Å². The van der Waals surface area contributed by atoms with Crippen molar-refractivity contribution in [1.82, 2.24) is 5.32 Å². The Morgan fingerprint density at radius 1 is 1.50 bits per heavy atom. The maximum atomic E-state index is 10.8. The van der Waals surface area contributed by atoms with Crippen molar-refractivity contribution in [2.75, 3.05) is 0 Å². The fourth-order valence-electron chi connectivity index (χ4n) is 1.43. The zero-order valence-corrected chi connectivity index (χ0v) is 9.62. The number of hydrogen-bond acceptors (Lipinski definition) is 4. The number of hydrogen-bond donors (Lipinski definition) is 3. The van der Waals surface area contributed by atoms with Gasteiger partial charge in [-0.2, -0.15) is 0 Å². The number of carbonyl (C=O) groups is 1. The van der Waals surface area contributed by atoms with Crippen molar-refractivity contribution in [3.05, 3.63) is 23.7 Å². The maximum Gasteiger partial charge on any atom is 0.219 e. The molecule has 0 fully saturated rings. The molecule has 0 unspecified atom stereocenters. The van der Waals surface area contributed by atoms with Gasteiger partial charge in [0.1, 0.15) is 18.1 Å². The standard InChI is InChI=1S/C11H18N2O3/c1-11(2,5-10(12)15)13-6-8-3-4-9(7-14)16-8/h3-4,13-14H,5-7H2,1-2H3,(H2,12,15). The van der Waals surface area contributed by atoms with Crippen molar-refractivity contribution in [2.24, 2.45) is 5.73 Å². The lowest BCUT2D eigenvalue weighted by atomic mass is 10.0. The first-order chi connectivity index (χ1) is 7.43. The number of aliphatic hydroxyl groups is 1. The lowest BCUT2D eigenvalue weighted by molar-refractivity contribution is -0.119. The van der Waals surface area contributed by atoms with Crippen LogP contribution in [0.15, 0.2) is 16.5 Å². The van der Waals surface area contributed by atoms with Crippen molar-refractivity contribution in [3.8, 4) is 0 Å². The topological polar surface area (TPSA) is 88.5 Å². The van der Waals surface area contributed by atoms with E-state index in [1.807, 2.05) is 13.8 Å². The molecule has 0 atom stereocenters. The monoisotopic (exact) mass is 226 g/mol. The molecule has 0 spiro atoms. The van der Waals surface area contributed by atoms with E-state index in [0.29, 0.717) is 12.3 Å². The Bertz CT molecular complexity index is 358. The van der Waals surface area contributed by atoms with E-state index in [2.05, 4.69) is 5.32 Å². The van der Waals surface area contributed by atoms with Crippen LogP contribution in [-0.2, 0) is 17.9 Å². The molecule has 0 saturated heterocycles. The highest BCUT2D eigenvalue weighted by molar-refractivity contribution is 5.74. The van der Waals surface area contributed by atoms with E-state index in [1.54, 1.807) is 12.1 Å². The highest BCUT2D eigenvalue weighted by atomic mass is 16.4. The first-order valence-electron chi connectivity index (χ1n) is 5.15. The van der Waals surface area contributed by atoms with E-state index in [0.717, 1.165) is 5.76 Å².